The maximum atomic E-state index is 5.66. The van der Waals surface area contributed by atoms with Crippen molar-refractivity contribution in [2.45, 2.75) is 58.2 Å². The van der Waals surface area contributed by atoms with Crippen molar-refractivity contribution in [1.29, 1.82) is 0 Å². The first-order valence-corrected chi connectivity index (χ1v) is 7.28. The molecule has 1 saturated carbocycles. The van der Waals surface area contributed by atoms with Crippen LogP contribution in [-0.4, -0.2) is 49.3 Å². The number of rotatable bonds is 3. The van der Waals surface area contributed by atoms with Crippen molar-refractivity contribution in [3.8, 4) is 0 Å². The van der Waals surface area contributed by atoms with E-state index in [1.54, 1.807) is 0 Å². The zero-order valence-corrected chi connectivity index (χ0v) is 11.6. The van der Waals surface area contributed by atoms with E-state index in [9.17, 15) is 0 Å². The van der Waals surface area contributed by atoms with E-state index in [4.69, 9.17) is 4.74 Å². The third-order valence-electron chi connectivity index (χ3n) is 4.20. The molecule has 0 amide bonds. The lowest BCUT2D eigenvalue weighted by molar-refractivity contribution is -0.0511. The van der Waals surface area contributed by atoms with Gasteiger partial charge in [-0.2, -0.15) is 0 Å². The maximum Gasteiger partial charge on any atom is 0.0604 e. The minimum absolute atomic E-state index is 0.543. The molecule has 1 saturated heterocycles. The Balaban J connectivity index is 1.79. The minimum Gasteiger partial charge on any atom is -0.378 e. The second kappa shape index (κ2) is 6.17. The summed E-state index contributed by atoms with van der Waals surface area (Å²) >= 11 is 0. The first-order valence-electron chi connectivity index (χ1n) is 7.28. The Morgan fingerprint density at radius 1 is 1.29 bits per heavy atom. The highest BCUT2D eigenvalue weighted by Crippen LogP contribution is 2.29. The quantitative estimate of drug-likeness (QED) is 0.815. The predicted octanol–water partition coefficient (Wildman–Crippen LogP) is 1.87. The van der Waals surface area contributed by atoms with Crippen LogP contribution in [0.5, 0.6) is 0 Å². The highest BCUT2D eigenvalue weighted by Gasteiger charge is 2.34. The zero-order chi connectivity index (χ0) is 12.3. The van der Waals surface area contributed by atoms with Gasteiger partial charge in [-0.05, 0) is 52.1 Å². The zero-order valence-electron chi connectivity index (χ0n) is 11.6. The van der Waals surface area contributed by atoms with E-state index < -0.39 is 0 Å². The summed E-state index contributed by atoms with van der Waals surface area (Å²) < 4.78 is 5.66. The number of hydrogen-bond donors (Lipinski definition) is 1. The molecule has 3 nitrogen and oxygen atoms in total. The van der Waals surface area contributed by atoms with Gasteiger partial charge in [0, 0.05) is 25.2 Å². The molecule has 2 atom stereocenters. The van der Waals surface area contributed by atoms with Gasteiger partial charge in [0.15, 0.2) is 0 Å². The molecule has 100 valence electrons. The van der Waals surface area contributed by atoms with Crippen LogP contribution >= 0.6 is 0 Å². The summed E-state index contributed by atoms with van der Waals surface area (Å²) in [5, 5.41) is 3.61. The third-order valence-corrected chi connectivity index (χ3v) is 4.20. The Kier molecular flexibility index (Phi) is 4.83. The Morgan fingerprint density at radius 3 is 2.76 bits per heavy atom. The van der Waals surface area contributed by atoms with Gasteiger partial charge < -0.3 is 10.1 Å². The van der Waals surface area contributed by atoms with Gasteiger partial charge >= 0.3 is 0 Å². The largest absolute Gasteiger partial charge is 0.378 e. The first kappa shape index (κ1) is 13.3. The molecule has 1 aliphatic heterocycles. The van der Waals surface area contributed by atoms with E-state index in [1.165, 1.54) is 38.9 Å². The van der Waals surface area contributed by atoms with Crippen molar-refractivity contribution in [3.05, 3.63) is 0 Å². The summed E-state index contributed by atoms with van der Waals surface area (Å²) in [6.45, 7) is 11.3. The van der Waals surface area contributed by atoms with Gasteiger partial charge in [0.05, 0.1) is 6.10 Å². The molecule has 0 radical (unpaired) electrons. The molecule has 1 aliphatic carbocycles. The second-order valence-corrected chi connectivity index (χ2v) is 5.90. The van der Waals surface area contributed by atoms with E-state index in [-0.39, 0.29) is 0 Å². The molecule has 1 heterocycles. The molecule has 0 aromatic heterocycles. The van der Waals surface area contributed by atoms with Gasteiger partial charge in [-0.3, -0.25) is 4.90 Å². The lowest BCUT2D eigenvalue weighted by atomic mass is 9.86. The Hall–Kier alpha value is -0.120. The molecule has 2 fully saturated rings. The number of hydrogen-bond acceptors (Lipinski definition) is 3. The summed E-state index contributed by atoms with van der Waals surface area (Å²) in [6.07, 6.45) is 4.33. The Labute approximate surface area is 106 Å². The highest BCUT2D eigenvalue weighted by molar-refractivity contribution is 4.90. The van der Waals surface area contributed by atoms with Crippen molar-refractivity contribution in [1.82, 2.24) is 10.2 Å². The van der Waals surface area contributed by atoms with Gasteiger partial charge in [0.2, 0.25) is 0 Å². The van der Waals surface area contributed by atoms with Crippen LogP contribution in [-0.2, 0) is 4.74 Å². The van der Waals surface area contributed by atoms with Crippen LogP contribution in [0.25, 0.3) is 0 Å². The second-order valence-electron chi connectivity index (χ2n) is 5.90. The van der Waals surface area contributed by atoms with Gasteiger partial charge in [-0.25, -0.2) is 0 Å². The van der Waals surface area contributed by atoms with Crippen molar-refractivity contribution in [2.24, 2.45) is 5.92 Å². The normalized spacial score (nSPS) is 40.4. The molecule has 0 bridgehead atoms. The van der Waals surface area contributed by atoms with Crippen molar-refractivity contribution >= 4 is 0 Å². The fourth-order valence-corrected chi connectivity index (χ4v) is 2.96. The monoisotopic (exact) mass is 240 g/mol. The molecule has 0 spiro atoms. The Morgan fingerprint density at radius 2 is 2.06 bits per heavy atom. The molecular formula is C14H28N2O. The van der Waals surface area contributed by atoms with Crippen molar-refractivity contribution in [3.63, 3.8) is 0 Å². The van der Waals surface area contributed by atoms with E-state index in [0.717, 1.165) is 18.6 Å². The van der Waals surface area contributed by atoms with E-state index in [0.29, 0.717) is 12.1 Å². The fourth-order valence-electron chi connectivity index (χ4n) is 2.96. The number of nitrogens with zero attached hydrogens (tertiary/aromatic N) is 1. The van der Waals surface area contributed by atoms with E-state index in [2.05, 4.69) is 31.0 Å². The summed E-state index contributed by atoms with van der Waals surface area (Å²) in [6, 6.07) is 1.46. The topological polar surface area (TPSA) is 24.5 Å². The van der Waals surface area contributed by atoms with Crippen molar-refractivity contribution < 1.29 is 4.74 Å². The lowest BCUT2D eigenvalue weighted by Crippen LogP contribution is -2.52. The summed E-state index contributed by atoms with van der Waals surface area (Å²) in [7, 11) is 0. The van der Waals surface area contributed by atoms with Crippen LogP contribution in [0.1, 0.15) is 40.0 Å². The molecule has 2 unspecified atom stereocenters. The average Bonchev–Trinajstić information content (AvgIpc) is 2.24. The maximum absolute atomic E-state index is 5.66. The minimum atomic E-state index is 0.543. The standard InChI is InChI=1S/C14H28N2O/c1-4-17-14-7-13(8-14)16-6-5-12(3)15-9-11(2)10-16/h11-15H,4-10H2,1-3H3. The van der Waals surface area contributed by atoms with Gasteiger partial charge in [0.25, 0.3) is 0 Å². The van der Waals surface area contributed by atoms with Gasteiger partial charge in [0.1, 0.15) is 0 Å². The van der Waals surface area contributed by atoms with E-state index >= 15 is 0 Å². The number of nitrogens with one attached hydrogen (secondary N) is 1. The third kappa shape index (κ3) is 3.67. The van der Waals surface area contributed by atoms with Crippen molar-refractivity contribution in [2.75, 3.05) is 26.2 Å². The molecule has 17 heavy (non-hydrogen) atoms. The lowest BCUT2D eigenvalue weighted by Gasteiger charge is -2.44. The van der Waals surface area contributed by atoms with Crippen LogP contribution in [0.15, 0.2) is 0 Å². The first-order chi connectivity index (χ1) is 8.19. The van der Waals surface area contributed by atoms with Gasteiger partial charge in [-0.15, -0.1) is 0 Å². The molecule has 0 aromatic rings. The van der Waals surface area contributed by atoms with Crippen LogP contribution in [0, 0.1) is 5.92 Å². The molecular weight excluding hydrogens is 212 g/mol. The van der Waals surface area contributed by atoms with Crippen LogP contribution in [0.4, 0.5) is 0 Å². The highest BCUT2D eigenvalue weighted by atomic mass is 16.5. The van der Waals surface area contributed by atoms with Crippen LogP contribution in [0.3, 0.4) is 0 Å². The average molecular weight is 240 g/mol. The number of ether oxygens (including phenoxy) is 1. The molecule has 2 aliphatic rings. The fraction of sp³-hybridized carbons (Fsp3) is 1.00. The predicted molar refractivity (Wildman–Crippen MR) is 71.3 cm³/mol. The summed E-state index contributed by atoms with van der Waals surface area (Å²) in [5.74, 6) is 0.767. The van der Waals surface area contributed by atoms with Crippen LogP contribution < -0.4 is 5.32 Å². The smallest absolute Gasteiger partial charge is 0.0604 e. The SMILES string of the molecule is CCOC1CC(N2CCC(C)NCC(C)C2)C1. The summed E-state index contributed by atoms with van der Waals surface area (Å²) in [5.41, 5.74) is 0. The van der Waals surface area contributed by atoms with E-state index in [1.807, 2.05) is 0 Å². The molecule has 0 aromatic carbocycles. The summed E-state index contributed by atoms with van der Waals surface area (Å²) in [4.78, 5) is 2.71. The van der Waals surface area contributed by atoms with Gasteiger partial charge in [-0.1, -0.05) is 6.92 Å². The van der Waals surface area contributed by atoms with Crippen LogP contribution in [0.2, 0.25) is 0 Å². The molecule has 2 rings (SSSR count). The molecule has 3 heteroatoms. The molecule has 1 N–H and O–H groups in total. The Bertz CT molecular complexity index is 228.